The van der Waals surface area contributed by atoms with Crippen molar-refractivity contribution in [2.24, 2.45) is 0 Å². The summed E-state index contributed by atoms with van der Waals surface area (Å²) in [6.45, 7) is 6.75. The molecule has 1 aromatic heterocycles. The van der Waals surface area contributed by atoms with Gasteiger partial charge in [0.15, 0.2) is 5.82 Å². The third-order valence-corrected chi connectivity index (χ3v) is 4.91. The Morgan fingerprint density at radius 1 is 0.966 bits per heavy atom. The van der Waals surface area contributed by atoms with E-state index in [9.17, 15) is 0 Å². The lowest BCUT2D eigenvalue weighted by atomic mass is 10.2. The Kier molecular flexibility index (Phi) is 6.61. The van der Waals surface area contributed by atoms with Crippen LogP contribution in [-0.4, -0.2) is 35.6 Å². The molecule has 1 heterocycles. The zero-order valence-corrected chi connectivity index (χ0v) is 17.6. The Balaban J connectivity index is 1.72. The number of hydrogen-bond donors (Lipinski definition) is 3. The number of nitrogens with one attached hydrogen (secondary N) is 2. The zero-order chi connectivity index (χ0) is 20.8. The fourth-order valence-corrected chi connectivity index (χ4v) is 3.14. The fraction of sp³-hybridized carbons (Fsp3) is 0.318. The number of anilines is 4. The van der Waals surface area contributed by atoms with Gasteiger partial charge in [-0.05, 0) is 37.6 Å². The third kappa shape index (κ3) is 5.65. The van der Waals surface area contributed by atoms with E-state index < -0.39 is 0 Å². The number of hydrogen-bond acceptors (Lipinski definition) is 6. The minimum absolute atomic E-state index is 0.233. The molecule has 0 aliphatic carbocycles. The zero-order valence-electron chi connectivity index (χ0n) is 17.6. The summed E-state index contributed by atoms with van der Waals surface area (Å²) in [5.41, 5.74) is 10.5. The first-order chi connectivity index (χ1) is 13.9. The molecule has 3 rings (SSSR count). The van der Waals surface area contributed by atoms with E-state index in [0.29, 0.717) is 18.3 Å². The highest BCUT2D eigenvalue weighted by atomic mass is 15.2. The van der Waals surface area contributed by atoms with E-state index in [1.807, 2.05) is 45.3 Å². The quantitative estimate of drug-likeness (QED) is 0.545. The molecule has 3 aromatic rings. The van der Waals surface area contributed by atoms with Gasteiger partial charge in [-0.1, -0.05) is 30.3 Å². The Morgan fingerprint density at radius 2 is 1.69 bits per heavy atom. The molecular weight excluding hydrogens is 362 g/mol. The van der Waals surface area contributed by atoms with Crippen molar-refractivity contribution in [2.45, 2.75) is 26.9 Å². The van der Waals surface area contributed by atoms with Gasteiger partial charge in [-0.25, -0.2) is 0 Å². The maximum Gasteiger partial charge on any atom is 0.232 e. The van der Waals surface area contributed by atoms with Crippen molar-refractivity contribution in [1.29, 1.82) is 0 Å². The number of nitrogens with zero attached hydrogens (tertiary/aromatic N) is 4. The highest BCUT2D eigenvalue weighted by Crippen LogP contribution is 2.17. The van der Waals surface area contributed by atoms with Crippen molar-refractivity contribution >= 4 is 23.3 Å². The van der Waals surface area contributed by atoms with E-state index in [2.05, 4.69) is 56.4 Å². The molecule has 0 aliphatic heterocycles. The van der Waals surface area contributed by atoms with Gasteiger partial charge in [0, 0.05) is 31.0 Å². The Bertz CT molecular complexity index is 938. The molecule has 2 aromatic carbocycles. The van der Waals surface area contributed by atoms with Gasteiger partial charge in [-0.15, -0.1) is 0 Å². The normalized spacial score (nSPS) is 11.9. The lowest BCUT2D eigenvalue weighted by Crippen LogP contribution is -3.09. The van der Waals surface area contributed by atoms with Crippen LogP contribution in [0.4, 0.5) is 23.3 Å². The molecule has 1 unspecified atom stereocenters. The highest BCUT2D eigenvalue weighted by molar-refractivity contribution is 5.58. The second-order valence-electron chi connectivity index (χ2n) is 7.39. The summed E-state index contributed by atoms with van der Waals surface area (Å²) in [4.78, 5) is 16.7. The molecule has 7 nitrogen and oxygen atoms in total. The third-order valence-electron chi connectivity index (χ3n) is 4.91. The number of nitrogens with two attached hydrogens (primary N) is 1. The average Bonchev–Trinajstić information content (AvgIpc) is 2.69. The van der Waals surface area contributed by atoms with Crippen LogP contribution in [-0.2, 0) is 13.1 Å². The van der Waals surface area contributed by atoms with Crippen LogP contribution in [0, 0.1) is 6.92 Å². The number of rotatable bonds is 8. The standard InChI is InChI=1S/C22H29N7/c1-5-29(14-17-10-12-18(13-11-17)28(3)4)15-20-25-21(23)27-22(26-20)24-19-9-7-6-8-16(19)2/h6-13H,5,14-15H2,1-4H3,(H3,23,24,25,26,27)/p+1. The SMILES string of the molecule is CC[NH+](Cc1ccc(N(C)C)cc1)Cc1nc(N)nc(Nc2ccccc2C)n1. The lowest BCUT2D eigenvalue weighted by Gasteiger charge is -2.18. The minimum atomic E-state index is 0.233. The monoisotopic (exact) mass is 392 g/mol. The van der Waals surface area contributed by atoms with Crippen LogP contribution in [0.1, 0.15) is 23.9 Å². The molecule has 0 saturated heterocycles. The molecule has 0 spiro atoms. The van der Waals surface area contributed by atoms with Gasteiger partial charge in [0.25, 0.3) is 0 Å². The van der Waals surface area contributed by atoms with Crippen molar-refractivity contribution in [2.75, 3.05) is 36.6 Å². The number of aromatic nitrogens is 3. The smallest absolute Gasteiger partial charge is 0.232 e. The van der Waals surface area contributed by atoms with E-state index >= 15 is 0 Å². The first kappa shape index (κ1) is 20.5. The summed E-state index contributed by atoms with van der Waals surface area (Å²) in [5, 5.41) is 3.26. The maximum absolute atomic E-state index is 5.95. The first-order valence-corrected chi connectivity index (χ1v) is 9.87. The summed E-state index contributed by atoms with van der Waals surface area (Å²) in [5.74, 6) is 1.40. The van der Waals surface area contributed by atoms with Crippen LogP contribution in [0.2, 0.25) is 0 Å². The van der Waals surface area contributed by atoms with Crippen molar-refractivity contribution in [1.82, 2.24) is 15.0 Å². The predicted octanol–water partition coefficient (Wildman–Crippen LogP) is 2.18. The molecular formula is C22H30N7+. The van der Waals surface area contributed by atoms with E-state index in [1.165, 1.54) is 16.2 Å². The van der Waals surface area contributed by atoms with E-state index in [4.69, 9.17) is 5.73 Å². The number of nitrogen functional groups attached to an aromatic ring is 1. The molecule has 29 heavy (non-hydrogen) atoms. The molecule has 0 bridgehead atoms. The van der Waals surface area contributed by atoms with E-state index in [-0.39, 0.29) is 5.95 Å². The Labute approximate surface area is 172 Å². The molecule has 0 radical (unpaired) electrons. The second-order valence-corrected chi connectivity index (χ2v) is 7.39. The lowest BCUT2D eigenvalue weighted by molar-refractivity contribution is -0.926. The molecule has 152 valence electrons. The van der Waals surface area contributed by atoms with Crippen molar-refractivity contribution in [3.63, 3.8) is 0 Å². The first-order valence-electron chi connectivity index (χ1n) is 9.87. The van der Waals surface area contributed by atoms with Crippen LogP contribution in [0.25, 0.3) is 0 Å². The number of aryl methyl sites for hydroxylation is 1. The van der Waals surface area contributed by atoms with Crippen LogP contribution in [0.3, 0.4) is 0 Å². The summed E-state index contributed by atoms with van der Waals surface area (Å²) < 4.78 is 0. The van der Waals surface area contributed by atoms with Gasteiger partial charge in [-0.2, -0.15) is 15.0 Å². The predicted molar refractivity (Wildman–Crippen MR) is 118 cm³/mol. The van der Waals surface area contributed by atoms with Crippen molar-refractivity contribution < 1.29 is 4.90 Å². The largest absolute Gasteiger partial charge is 0.378 e. The average molecular weight is 393 g/mol. The molecule has 0 amide bonds. The topological polar surface area (TPSA) is 84.4 Å². The van der Waals surface area contributed by atoms with Gasteiger partial charge >= 0.3 is 0 Å². The van der Waals surface area contributed by atoms with Crippen molar-refractivity contribution in [3.05, 3.63) is 65.5 Å². The fourth-order valence-electron chi connectivity index (χ4n) is 3.14. The van der Waals surface area contributed by atoms with Crippen LogP contribution in [0.5, 0.6) is 0 Å². The summed E-state index contributed by atoms with van der Waals surface area (Å²) in [7, 11) is 4.10. The van der Waals surface area contributed by atoms with Gasteiger partial charge in [0.2, 0.25) is 11.9 Å². The molecule has 0 fully saturated rings. The van der Waals surface area contributed by atoms with Gasteiger partial charge in [-0.3, -0.25) is 0 Å². The molecule has 0 aliphatic rings. The Morgan fingerprint density at radius 3 is 2.34 bits per heavy atom. The molecule has 4 N–H and O–H groups in total. The molecule has 0 saturated carbocycles. The summed E-state index contributed by atoms with van der Waals surface area (Å²) in [6.07, 6.45) is 0. The number of quaternary nitrogens is 1. The van der Waals surface area contributed by atoms with Gasteiger partial charge in [0.05, 0.1) is 6.54 Å². The van der Waals surface area contributed by atoms with E-state index in [1.54, 1.807) is 0 Å². The highest BCUT2D eigenvalue weighted by Gasteiger charge is 2.14. The van der Waals surface area contributed by atoms with Crippen molar-refractivity contribution in [3.8, 4) is 0 Å². The van der Waals surface area contributed by atoms with Crippen LogP contribution >= 0.6 is 0 Å². The minimum Gasteiger partial charge on any atom is -0.378 e. The molecule has 7 heteroatoms. The van der Waals surface area contributed by atoms with Gasteiger partial charge < -0.3 is 20.9 Å². The number of para-hydroxylation sites is 1. The Hall–Kier alpha value is -3.19. The van der Waals surface area contributed by atoms with Crippen LogP contribution < -0.4 is 20.9 Å². The summed E-state index contributed by atoms with van der Waals surface area (Å²) >= 11 is 0. The van der Waals surface area contributed by atoms with Crippen LogP contribution in [0.15, 0.2) is 48.5 Å². The van der Waals surface area contributed by atoms with E-state index in [0.717, 1.165) is 24.3 Å². The maximum atomic E-state index is 5.95. The molecule has 1 atom stereocenters. The second kappa shape index (κ2) is 9.34. The van der Waals surface area contributed by atoms with Gasteiger partial charge in [0.1, 0.15) is 13.1 Å². The summed E-state index contributed by atoms with van der Waals surface area (Å²) in [6, 6.07) is 16.7. The number of benzene rings is 2.